The van der Waals surface area contributed by atoms with Crippen LogP contribution < -0.4 is 10.0 Å². The molecule has 2 aliphatic rings. The molecule has 0 unspecified atom stereocenters. The van der Waals surface area contributed by atoms with Gasteiger partial charge in [-0.25, -0.2) is 31.9 Å². The molecule has 0 spiro atoms. The first kappa shape index (κ1) is 25.4. The van der Waals surface area contributed by atoms with Crippen LogP contribution in [-0.2, 0) is 31.3 Å². The summed E-state index contributed by atoms with van der Waals surface area (Å²) in [5.74, 6) is 1.23. The molecule has 14 heteroatoms. The molecule has 2 fully saturated rings. The molecule has 0 atom stereocenters. The Morgan fingerprint density at radius 1 is 1.00 bits per heavy atom. The van der Waals surface area contributed by atoms with Crippen LogP contribution in [0.1, 0.15) is 4.88 Å². The average molecular weight is 553 g/mol. The summed E-state index contributed by atoms with van der Waals surface area (Å²) in [6.07, 6.45) is 1.25. The number of primary sulfonamides is 1. The molecule has 5 rings (SSSR count). The van der Waals surface area contributed by atoms with Crippen LogP contribution in [0.5, 0.6) is 0 Å². The molecule has 2 aromatic heterocycles. The molecule has 2 saturated heterocycles. The van der Waals surface area contributed by atoms with Gasteiger partial charge < -0.3 is 9.64 Å². The van der Waals surface area contributed by atoms with Crippen LogP contribution in [0.2, 0.25) is 0 Å². The van der Waals surface area contributed by atoms with Crippen LogP contribution in [0.15, 0.2) is 35.2 Å². The van der Waals surface area contributed by atoms with E-state index in [-0.39, 0.29) is 4.90 Å². The fraction of sp³-hybridized carbons (Fsp3) is 0.455. The van der Waals surface area contributed by atoms with Crippen molar-refractivity contribution in [1.82, 2.24) is 19.2 Å². The van der Waals surface area contributed by atoms with Crippen molar-refractivity contribution in [2.24, 2.45) is 5.14 Å². The second-order valence-corrected chi connectivity index (χ2v) is 13.6. The molecule has 0 bridgehead atoms. The van der Waals surface area contributed by atoms with Crippen LogP contribution in [0.3, 0.4) is 0 Å². The molecular formula is C22H28N6O5S3. The minimum Gasteiger partial charge on any atom is -0.378 e. The maximum Gasteiger partial charge on any atom is 0.238 e. The van der Waals surface area contributed by atoms with E-state index in [0.29, 0.717) is 70.4 Å². The third kappa shape index (κ3) is 5.54. The van der Waals surface area contributed by atoms with Gasteiger partial charge in [0.2, 0.25) is 20.0 Å². The Hall–Kier alpha value is -2.20. The summed E-state index contributed by atoms with van der Waals surface area (Å²) >= 11 is 1.63. The molecule has 0 amide bonds. The zero-order chi connectivity index (χ0) is 25.5. The summed E-state index contributed by atoms with van der Waals surface area (Å²) in [7, 11) is -7.03. The van der Waals surface area contributed by atoms with Crippen molar-refractivity contribution < 1.29 is 21.6 Å². The number of piperazine rings is 1. The van der Waals surface area contributed by atoms with Crippen LogP contribution in [0.4, 0.5) is 5.82 Å². The van der Waals surface area contributed by atoms with Gasteiger partial charge in [-0.15, -0.1) is 11.3 Å². The Labute approximate surface area is 214 Å². The van der Waals surface area contributed by atoms with E-state index in [1.807, 2.05) is 6.07 Å². The number of morpholine rings is 1. The molecular weight excluding hydrogens is 524 g/mol. The molecule has 4 heterocycles. The number of anilines is 1. The Balaban J connectivity index is 1.49. The number of thiophene rings is 1. The average Bonchev–Trinajstić information content (AvgIpc) is 3.25. The number of ether oxygens (including phenoxy) is 1. The molecule has 1 aromatic carbocycles. The topological polar surface area (TPSA) is 139 Å². The normalized spacial score (nSPS) is 18.7. The first-order chi connectivity index (χ1) is 17.1. The van der Waals surface area contributed by atoms with Gasteiger partial charge in [0.05, 0.1) is 34.6 Å². The van der Waals surface area contributed by atoms with Crippen molar-refractivity contribution in [1.29, 1.82) is 0 Å². The van der Waals surface area contributed by atoms with Gasteiger partial charge in [-0.3, -0.25) is 4.90 Å². The SMILES string of the molecule is CS(=O)(=O)N1CCN(Cc2cc3nc(-c4cccc(S(N)(=O)=O)c4)nc(N4CCOCC4)c3s2)CC1. The molecule has 0 saturated carbocycles. The molecule has 3 aromatic rings. The Bertz CT molecular complexity index is 1480. The lowest BCUT2D eigenvalue weighted by Crippen LogP contribution is -2.47. The Morgan fingerprint density at radius 2 is 1.72 bits per heavy atom. The highest BCUT2D eigenvalue weighted by molar-refractivity contribution is 7.89. The number of nitrogens with zero attached hydrogens (tertiary/aromatic N) is 5. The zero-order valence-corrected chi connectivity index (χ0v) is 22.3. The first-order valence-corrected chi connectivity index (χ1v) is 15.7. The molecule has 0 radical (unpaired) electrons. The van der Waals surface area contributed by atoms with Gasteiger partial charge in [-0.2, -0.15) is 4.31 Å². The lowest BCUT2D eigenvalue weighted by Gasteiger charge is -2.32. The molecule has 194 valence electrons. The van der Waals surface area contributed by atoms with Crippen molar-refractivity contribution in [3.05, 3.63) is 35.2 Å². The summed E-state index contributed by atoms with van der Waals surface area (Å²) in [5.41, 5.74) is 1.36. The number of fused-ring (bicyclic) bond motifs is 1. The van der Waals surface area contributed by atoms with Crippen molar-refractivity contribution in [3.63, 3.8) is 0 Å². The highest BCUT2D eigenvalue weighted by Gasteiger charge is 2.25. The summed E-state index contributed by atoms with van der Waals surface area (Å²) in [4.78, 5) is 15.2. The van der Waals surface area contributed by atoms with Gasteiger partial charge in [0.1, 0.15) is 0 Å². The van der Waals surface area contributed by atoms with Crippen molar-refractivity contribution in [3.8, 4) is 11.4 Å². The van der Waals surface area contributed by atoms with E-state index in [1.54, 1.807) is 23.5 Å². The van der Waals surface area contributed by atoms with Gasteiger partial charge >= 0.3 is 0 Å². The lowest BCUT2D eigenvalue weighted by atomic mass is 10.2. The third-order valence-corrected chi connectivity index (χ3v) is 9.64. The second kappa shape index (κ2) is 9.93. The highest BCUT2D eigenvalue weighted by atomic mass is 32.2. The standard InChI is InChI=1S/C22H28N6O5S3/c1-35(29,30)28-7-5-26(6-8-28)15-17-14-19-20(34-17)22(27-9-11-33-12-10-27)25-21(24-19)16-3-2-4-18(13-16)36(23,31)32/h2-4,13-14H,5-12,15H2,1H3,(H2,23,31,32). The number of nitrogens with two attached hydrogens (primary N) is 1. The van der Waals surface area contributed by atoms with E-state index in [1.165, 1.54) is 22.7 Å². The predicted octanol–water partition coefficient (Wildman–Crippen LogP) is 0.920. The summed E-state index contributed by atoms with van der Waals surface area (Å²) < 4.78 is 55.4. The summed E-state index contributed by atoms with van der Waals surface area (Å²) in [6.45, 7) is 5.57. The van der Waals surface area contributed by atoms with E-state index in [2.05, 4.69) is 9.80 Å². The zero-order valence-electron chi connectivity index (χ0n) is 19.8. The minimum absolute atomic E-state index is 0.0101. The van der Waals surface area contributed by atoms with Gasteiger partial charge in [0, 0.05) is 56.3 Å². The van der Waals surface area contributed by atoms with Gasteiger partial charge in [0.15, 0.2) is 11.6 Å². The number of hydrogen-bond donors (Lipinski definition) is 1. The van der Waals surface area contributed by atoms with Crippen molar-refractivity contribution >= 4 is 47.4 Å². The number of aromatic nitrogens is 2. The van der Waals surface area contributed by atoms with E-state index in [9.17, 15) is 16.8 Å². The fourth-order valence-electron chi connectivity index (χ4n) is 4.41. The number of benzene rings is 1. The summed E-state index contributed by atoms with van der Waals surface area (Å²) in [5, 5.41) is 5.34. The monoisotopic (exact) mass is 552 g/mol. The van der Waals surface area contributed by atoms with E-state index >= 15 is 0 Å². The van der Waals surface area contributed by atoms with Crippen LogP contribution in [0.25, 0.3) is 21.6 Å². The van der Waals surface area contributed by atoms with E-state index in [0.717, 1.165) is 20.9 Å². The fourth-order valence-corrected chi connectivity index (χ4v) is 6.95. The molecule has 11 nitrogen and oxygen atoms in total. The quantitative estimate of drug-likeness (QED) is 0.473. The largest absolute Gasteiger partial charge is 0.378 e. The van der Waals surface area contributed by atoms with Crippen molar-refractivity contribution in [2.45, 2.75) is 11.4 Å². The maximum atomic E-state index is 11.9. The smallest absolute Gasteiger partial charge is 0.238 e. The first-order valence-electron chi connectivity index (χ1n) is 11.5. The third-order valence-electron chi connectivity index (χ3n) is 6.32. The van der Waals surface area contributed by atoms with Gasteiger partial charge in [-0.1, -0.05) is 12.1 Å². The highest BCUT2D eigenvalue weighted by Crippen LogP contribution is 2.35. The van der Waals surface area contributed by atoms with E-state index in [4.69, 9.17) is 19.8 Å². The summed E-state index contributed by atoms with van der Waals surface area (Å²) in [6, 6.07) is 8.39. The number of sulfonamides is 2. The Kier molecular flexibility index (Phi) is 7.02. The Morgan fingerprint density at radius 3 is 2.39 bits per heavy atom. The van der Waals surface area contributed by atoms with Crippen LogP contribution in [0, 0.1) is 0 Å². The van der Waals surface area contributed by atoms with Gasteiger partial charge in [-0.05, 0) is 18.2 Å². The minimum atomic E-state index is -3.86. The lowest BCUT2D eigenvalue weighted by molar-refractivity contribution is 0.122. The van der Waals surface area contributed by atoms with Crippen LogP contribution >= 0.6 is 11.3 Å². The molecule has 2 N–H and O–H groups in total. The number of rotatable bonds is 6. The number of hydrogen-bond acceptors (Lipinski definition) is 10. The maximum absolute atomic E-state index is 11.9. The molecule has 2 aliphatic heterocycles. The van der Waals surface area contributed by atoms with Crippen LogP contribution in [-0.4, -0.2) is 94.7 Å². The predicted molar refractivity (Wildman–Crippen MR) is 139 cm³/mol. The van der Waals surface area contributed by atoms with Crippen molar-refractivity contribution in [2.75, 3.05) is 63.6 Å². The molecule has 36 heavy (non-hydrogen) atoms. The van der Waals surface area contributed by atoms with E-state index < -0.39 is 20.0 Å². The van der Waals surface area contributed by atoms with Gasteiger partial charge in [0.25, 0.3) is 0 Å². The second-order valence-electron chi connectivity index (χ2n) is 8.91. The molecule has 0 aliphatic carbocycles.